The van der Waals surface area contributed by atoms with Crippen LogP contribution < -0.4 is 5.32 Å². The van der Waals surface area contributed by atoms with Crippen molar-refractivity contribution in [3.05, 3.63) is 35.9 Å². The Balaban J connectivity index is 1.21. The summed E-state index contributed by atoms with van der Waals surface area (Å²) in [5.74, 6) is -2.68. The Hall–Kier alpha value is -4.21. The van der Waals surface area contributed by atoms with E-state index in [0.717, 1.165) is 31.2 Å². The number of unbranched alkanes of at least 4 members (excludes halogenated alkanes) is 2. The summed E-state index contributed by atoms with van der Waals surface area (Å²) < 4.78 is 12.1. The summed E-state index contributed by atoms with van der Waals surface area (Å²) in [5, 5.41) is 14.1. The minimum absolute atomic E-state index is 0.00449. The Bertz CT molecular complexity index is 1880. The number of hydrogen-bond donors (Lipinski definition) is 2. The van der Waals surface area contributed by atoms with Crippen LogP contribution in [-0.2, 0) is 43.0 Å². The van der Waals surface area contributed by atoms with Crippen LogP contribution in [0.25, 0.3) is 0 Å². The number of rotatable bonds is 25. The third-order valence-corrected chi connectivity index (χ3v) is 15.7. The highest BCUT2D eigenvalue weighted by Crippen LogP contribution is 2.43. The van der Waals surface area contributed by atoms with Crippen molar-refractivity contribution in [3.8, 4) is 0 Å². The molecule has 1 aromatic carbocycles. The second-order valence-corrected chi connectivity index (χ2v) is 20.6. The van der Waals surface area contributed by atoms with Crippen LogP contribution >= 0.6 is 0 Å². The first-order valence-electron chi connectivity index (χ1n) is 25.2. The molecule has 4 aliphatic rings. The fourth-order valence-electron chi connectivity index (χ4n) is 11.5. The van der Waals surface area contributed by atoms with Gasteiger partial charge in [0.25, 0.3) is 0 Å². The van der Waals surface area contributed by atoms with Gasteiger partial charge in [-0.2, -0.15) is 0 Å². The van der Waals surface area contributed by atoms with E-state index in [1.807, 2.05) is 71.9 Å². The van der Waals surface area contributed by atoms with E-state index in [2.05, 4.69) is 5.32 Å². The number of amides is 6. The molecule has 15 heteroatoms. The van der Waals surface area contributed by atoms with Crippen molar-refractivity contribution >= 4 is 41.2 Å². The van der Waals surface area contributed by atoms with Crippen LogP contribution in [-0.4, -0.2) is 143 Å². The van der Waals surface area contributed by atoms with E-state index in [-0.39, 0.29) is 109 Å². The molecule has 3 aliphatic heterocycles. The minimum atomic E-state index is -0.895. The van der Waals surface area contributed by atoms with Gasteiger partial charge in [0, 0.05) is 71.5 Å². The van der Waals surface area contributed by atoms with Gasteiger partial charge in [0.05, 0.1) is 36.8 Å². The number of aliphatic hydroxyl groups is 1. The molecule has 0 radical (unpaired) electrons. The number of piperidine rings is 1. The Morgan fingerprint density at radius 2 is 1.60 bits per heavy atom. The maximum absolute atomic E-state index is 14.7. The molecule has 13 atom stereocenters. The van der Waals surface area contributed by atoms with E-state index in [1.54, 1.807) is 42.9 Å². The molecule has 3 saturated heterocycles. The van der Waals surface area contributed by atoms with Crippen molar-refractivity contribution in [2.75, 3.05) is 34.4 Å². The predicted molar refractivity (Wildman–Crippen MR) is 254 cm³/mol. The van der Waals surface area contributed by atoms with Crippen molar-refractivity contribution in [1.29, 1.82) is 0 Å². The molecule has 3 heterocycles. The van der Waals surface area contributed by atoms with Gasteiger partial charge in [-0.1, -0.05) is 91.6 Å². The number of ether oxygens (including phenoxy) is 2. The Kier molecular flexibility index (Phi) is 19.6. The first-order valence-corrected chi connectivity index (χ1v) is 25.2. The fraction of sp³-hybridized carbons (Fsp3) is 0.750. The molecule has 5 rings (SSSR count). The second kappa shape index (κ2) is 24.4. The lowest BCUT2D eigenvalue weighted by Crippen LogP contribution is -2.60. The smallest absolute Gasteiger partial charge is 0.245 e. The number of fused-ring (bicyclic) bond motifs is 2. The summed E-state index contributed by atoms with van der Waals surface area (Å²) >= 11 is 0. The number of likely N-dealkylation sites (tertiary alicyclic amines) is 3. The van der Waals surface area contributed by atoms with Gasteiger partial charge in [-0.25, -0.2) is 0 Å². The molecule has 6 amide bonds. The first kappa shape index (κ1) is 53.7. The van der Waals surface area contributed by atoms with E-state index in [0.29, 0.717) is 45.2 Å². The summed E-state index contributed by atoms with van der Waals surface area (Å²) in [4.78, 5) is 102. The highest BCUT2D eigenvalue weighted by atomic mass is 16.5. The van der Waals surface area contributed by atoms with Crippen molar-refractivity contribution in [2.45, 2.75) is 180 Å². The van der Waals surface area contributed by atoms with Gasteiger partial charge < -0.3 is 34.6 Å². The van der Waals surface area contributed by atoms with E-state index in [1.165, 1.54) is 4.90 Å². The quantitative estimate of drug-likeness (QED) is 0.0910. The van der Waals surface area contributed by atoms with Crippen LogP contribution in [0.15, 0.2) is 30.3 Å². The zero-order valence-electron chi connectivity index (χ0n) is 42.0. The molecule has 1 unspecified atom stereocenters. The van der Waals surface area contributed by atoms with Gasteiger partial charge in [0.1, 0.15) is 17.9 Å². The summed E-state index contributed by atoms with van der Waals surface area (Å²) in [7, 11) is 4.83. The Morgan fingerprint density at radius 1 is 0.896 bits per heavy atom. The first-order chi connectivity index (χ1) is 31.9. The average Bonchev–Trinajstić information content (AvgIpc) is 4.12. The second-order valence-electron chi connectivity index (χ2n) is 20.6. The number of ketones is 1. The maximum Gasteiger partial charge on any atom is 0.245 e. The molecule has 0 spiro atoms. The molecule has 1 aromatic rings. The third-order valence-electron chi connectivity index (χ3n) is 15.7. The number of Topliss-reactive ketones (excluding diaryl/α,β-unsaturated/α-hetero) is 1. The molecule has 0 aromatic heterocycles. The molecule has 4 fully saturated rings. The van der Waals surface area contributed by atoms with Crippen LogP contribution in [0.1, 0.15) is 144 Å². The molecule has 374 valence electrons. The van der Waals surface area contributed by atoms with Crippen LogP contribution in [0.4, 0.5) is 0 Å². The monoisotopic (exact) mass is 936 g/mol. The lowest BCUT2D eigenvalue weighted by Gasteiger charge is -2.41. The number of carbonyl (C=O) groups excluding carboxylic acids is 7. The molecule has 67 heavy (non-hydrogen) atoms. The van der Waals surface area contributed by atoms with Crippen molar-refractivity contribution in [1.82, 2.24) is 24.9 Å². The number of methoxy groups -OCH3 is 2. The van der Waals surface area contributed by atoms with Gasteiger partial charge in [-0.15, -0.1) is 0 Å². The normalized spacial score (nSPS) is 25.2. The summed E-state index contributed by atoms with van der Waals surface area (Å²) in [6.07, 6.45) is 5.03. The number of hydrogen-bond acceptors (Lipinski definition) is 10. The van der Waals surface area contributed by atoms with E-state index < -0.39 is 42.4 Å². The van der Waals surface area contributed by atoms with Gasteiger partial charge in [-0.3, -0.25) is 38.5 Å². The van der Waals surface area contributed by atoms with Crippen LogP contribution in [0, 0.1) is 35.5 Å². The molecule has 15 nitrogen and oxygen atoms in total. The van der Waals surface area contributed by atoms with Crippen LogP contribution in [0.3, 0.4) is 0 Å². The number of aliphatic hydroxyl groups excluding tert-OH is 1. The number of benzene rings is 1. The standard InChI is InChI=1S/C52H81N5O10/c1-11-32(4)46(41(66-9)30-44(61)55-26-18-21-39(55)49(67-10)35(7)40(58)27-33(5)48(62)36-19-14-12-15-20-36)54(8)52(65)45(31(2)3)53-50(63)47-37-23-24-38(29-37)57(47)42(59)22-16-13-17-25-56-43(60)28-34(6)51(56)64/h12,14-15,19-20,31-35,37-39,41,45-49,62H,11,13,16-18,21-30H2,1-10H3,(H,53,63)/t32-,33-,34?,35-,37-,38-,39-,41+,45-,46-,47-,48+,49+/m0/s1. The predicted octanol–water partition coefficient (Wildman–Crippen LogP) is 5.71. The molecule has 2 bridgehead atoms. The SMILES string of the molecule is CC[C@H](C)[C@@H]([C@@H](CC(=O)N1CCC[C@H]1[C@H](OC)[C@@H](C)C(=O)C[C@H](C)[C@@H](O)c1ccccc1)OC)N(C)C(=O)[C@@H](NC(=O)[C@@H]1[C@H]2CC[C@@H](C2)N1C(=O)CCCCCN1C(=O)CC(C)C1=O)C(C)C. The number of carbonyl (C=O) groups is 7. The van der Waals surface area contributed by atoms with Gasteiger partial charge in [-0.05, 0) is 74.2 Å². The Morgan fingerprint density at radius 3 is 2.21 bits per heavy atom. The summed E-state index contributed by atoms with van der Waals surface area (Å²) in [6, 6.07) is 6.84. The van der Waals surface area contributed by atoms with Gasteiger partial charge in [0.2, 0.25) is 35.4 Å². The van der Waals surface area contributed by atoms with Crippen molar-refractivity contribution in [3.63, 3.8) is 0 Å². The fourth-order valence-corrected chi connectivity index (χ4v) is 11.5. The molecule has 1 saturated carbocycles. The third kappa shape index (κ3) is 12.5. The van der Waals surface area contributed by atoms with Crippen molar-refractivity contribution < 1.29 is 48.1 Å². The number of nitrogens with one attached hydrogen (secondary N) is 1. The van der Waals surface area contributed by atoms with Crippen LogP contribution in [0.5, 0.6) is 0 Å². The zero-order chi connectivity index (χ0) is 49.3. The zero-order valence-corrected chi connectivity index (χ0v) is 42.0. The number of likely N-dealkylation sites (N-methyl/N-ethyl adjacent to an activating group) is 1. The number of imide groups is 1. The van der Waals surface area contributed by atoms with Gasteiger partial charge in [0.15, 0.2) is 0 Å². The van der Waals surface area contributed by atoms with Crippen LogP contribution in [0.2, 0.25) is 0 Å². The average molecular weight is 936 g/mol. The van der Waals surface area contributed by atoms with E-state index >= 15 is 0 Å². The topological polar surface area (TPSA) is 183 Å². The summed E-state index contributed by atoms with van der Waals surface area (Å²) in [6.45, 7) is 14.1. The lowest BCUT2D eigenvalue weighted by molar-refractivity contribution is -0.149. The highest BCUT2D eigenvalue weighted by molar-refractivity contribution is 6.03. The summed E-state index contributed by atoms with van der Waals surface area (Å²) in [5.41, 5.74) is 0.756. The molecular formula is C52H81N5O10. The largest absolute Gasteiger partial charge is 0.388 e. The number of nitrogens with zero attached hydrogens (tertiary/aromatic N) is 4. The molecule has 2 N–H and O–H groups in total. The maximum atomic E-state index is 14.7. The molecular weight excluding hydrogens is 855 g/mol. The van der Waals surface area contributed by atoms with Gasteiger partial charge >= 0.3 is 0 Å². The Labute approximate surface area is 399 Å². The highest BCUT2D eigenvalue weighted by Gasteiger charge is 2.52. The van der Waals surface area contributed by atoms with E-state index in [9.17, 15) is 38.7 Å². The van der Waals surface area contributed by atoms with Crippen molar-refractivity contribution in [2.24, 2.45) is 35.5 Å². The molecule has 1 aliphatic carbocycles. The van der Waals surface area contributed by atoms with E-state index in [4.69, 9.17) is 9.47 Å². The minimum Gasteiger partial charge on any atom is -0.388 e. The lowest BCUT2D eigenvalue weighted by atomic mass is 9.85.